The summed E-state index contributed by atoms with van der Waals surface area (Å²) in [7, 11) is 0. The summed E-state index contributed by atoms with van der Waals surface area (Å²) >= 11 is 0. The number of carboxylic acid groups (broad SMARTS) is 1. The van der Waals surface area contributed by atoms with Crippen LogP contribution in [0.15, 0.2) is 60.7 Å². The molecule has 2 rings (SSSR count). The number of amides is 2. The van der Waals surface area contributed by atoms with Crippen molar-refractivity contribution in [2.24, 2.45) is 5.92 Å². The lowest BCUT2D eigenvalue weighted by Gasteiger charge is -2.13. The van der Waals surface area contributed by atoms with Crippen LogP contribution < -0.4 is 10.6 Å². The van der Waals surface area contributed by atoms with Gasteiger partial charge in [-0.1, -0.05) is 48.5 Å². The molecular weight excluding hydrogens is 344 g/mol. The average molecular weight is 368 g/mol. The summed E-state index contributed by atoms with van der Waals surface area (Å²) in [5.41, 5.74) is 1.50. The first-order chi connectivity index (χ1) is 13.1. The van der Waals surface area contributed by atoms with E-state index in [1.807, 2.05) is 36.4 Å². The van der Waals surface area contributed by atoms with Crippen LogP contribution in [0.1, 0.15) is 28.8 Å². The van der Waals surface area contributed by atoms with Gasteiger partial charge < -0.3 is 15.7 Å². The Kier molecular flexibility index (Phi) is 8.03. The molecule has 142 valence electrons. The van der Waals surface area contributed by atoms with E-state index >= 15 is 0 Å². The number of aliphatic carboxylic acids is 1. The van der Waals surface area contributed by atoms with Gasteiger partial charge in [-0.25, -0.2) is 0 Å². The van der Waals surface area contributed by atoms with Crippen LogP contribution in [0.2, 0.25) is 0 Å². The first kappa shape index (κ1) is 20.2. The maximum absolute atomic E-state index is 11.9. The summed E-state index contributed by atoms with van der Waals surface area (Å²) in [6.45, 7) is 0.465. The minimum atomic E-state index is -0.936. The lowest BCUT2D eigenvalue weighted by molar-refractivity contribution is -0.141. The van der Waals surface area contributed by atoms with E-state index < -0.39 is 11.9 Å². The average Bonchev–Trinajstić information content (AvgIpc) is 2.69. The second kappa shape index (κ2) is 10.8. The van der Waals surface area contributed by atoms with Gasteiger partial charge in [0.05, 0.1) is 5.92 Å². The van der Waals surface area contributed by atoms with Crippen molar-refractivity contribution >= 4 is 17.8 Å². The molecule has 0 aliphatic rings. The van der Waals surface area contributed by atoms with Crippen LogP contribution in [0.5, 0.6) is 0 Å². The Hall–Kier alpha value is -3.15. The fourth-order valence-electron chi connectivity index (χ4n) is 2.61. The van der Waals surface area contributed by atoms with Gasteiger partial charge in [0, 0.05) is 25.1 Å². The monoisotopic (exact) mass is 368 g/mol. The molecular formula is C21H24N2O4. The molecule has 27 heavy (non-hydrogen) atoms. The molecule has 1 atom stereocenters. The Balaban J connectivity index is 1.67. The summed E-state index contributed by atoms with van der Waals surface area (Å²) < 4.78 is 0. The molecule has 0 heterocycles. The quantitative estimate of drug-likeness (QED) is 0.561. The number of carboxylic acids is 1. The highest BCUT2D eigenvalue weighted by Gasteiger charge is 2.18. The molecule has 2 aromatic carbocycles. The van der Waals surface area contributed by atoms with Gasteiger partial charge in [0.25, 0.3) is 5.91 Å². The fraction of sp³-hybridized carbons (Fsp3) is 0.286. The second-order valence-electron chi connectivity index (χ2n) is 6.25. The smallest absolute Gasteiger partial charge is 0.308 e. The molecule has 2 amide bonds. The van der Waals surface area contributed by atoms with Crippen LogP contribution in [0.4, 0.5) is 0 Å². The molecule has 0 radical (unpaired) electrons. The molecule has 0 aliphatic carbocycles. The van der Waals surface area contributed by atoms with E-state index in [0.717, 1.165) is 5.56 Å². The summed E-state index contributed by atoms with van der Waals surface area (Å²) in [6, 6.07) is 18.2. The molecule has 0 aliphatic heterocycles. The van der Waals surface area contributed by atoms with Crippen molar-refractivity contribution in [3.8, 4) is 0 Å². The first-order valence-electron chi connectivity index (χ1n) is 8.93. The molecule has 1 unspecified atom stereocenters. The van der Waals surface area contributed by atoms with Crippen LogP contribution in [0.3, 0.4) is 0 Å². The van der Waals surface area contributed by atoms with Crippen molar-refractivity contribution in [1.82, 2.24) is 10.6 Å². The van der Waals surface area contributed by atoms with Crippen molar-refractivity contribution in [2.45, 2.75) is 19.3 Å². The molecule has 0 fully saturated rings. The standard InChI is InChI=1S/C21H24N2O4/c24-19(12-7-13-22-20(25)17-10-5-2-6-11-17)23-15-18(21(26)27)14-16-8-3-1-4-9-16/h1-6,8-11,18H,7,12-15H2,(H,22,25)(H,23,24)(H,26,27). The molecule has 0 aromatic heterocycles. The summed E-state index contributed by atoms with van der Waals surface area (Å²) in [6.07, 6.45) is 1.08. The topological polar surface area (TPSA) is 95.5 Å². The molecule has 6 nitrogen and oxygen atoms in total. The van der Waals surface area contributed by atoms with Gasteiger partial charge in [-0.05, 0) is 30.5 Å². The second-order valence-corrected chi connectivity index (χ2v) is 6.25. The number of rotatable bonds is 10. The molecule has 6 heteroatoms. The van der Waals surface area contributed by atoms with E-state index in [1.54, 1.807) is 24.3 Å². The van der Waals surface area contributed by atoms with Crippen molar-refractivity contribution in [3.05, 3.63) is 71.8 Å². The number of carbonyl (C=O) groups excluding carboxylic acids is 2. The van der Waals surface area contributed by atoms with Gasteiger partial charge in [-0.15, -0.1) is 0 Å². The third-order valence-electron chi connectivity index (χ3n) is 4.12. The van der Waals surface area contributed by atoms with Crippen LogP contribution in [-0.2, 0) is 16.0 Å². The van der Waals surface area contributed by atoms with E-state index in [2.05, 4.69) is 10.6 Å². The zero-order chi connectivity index (χ0) is 19.5. The predicted octanol–water partition coefficient (Wildman–Crippen LogP) is 2.26. The Morgan fingerprint density at radius 2 is 1.52 bits per heavy atom. The third kappa shape index (κ3) is 7.32. The van der Waals surface area contributed by atoms with Crippen LogP contribution in [-0.4, -0.2) is 36.0 Å². The largest absolute Gasteiger partial charge is 0.481 e. The fourth-order valence-corrected chi connectivity index (χ4v) is 2.61. The first-order valence-corrected chi connectivity index (χ1v) is 8.93. The Morgan fingerprint density at radius 3 is 2.15 bits per heavy atom. The highest BCUT2D eigenvalue weighted by atomic mass is 16.4. The van der Waals surface area contributed by atoms with Gasteiger partial charge in [0.2, 0.25) is 5.91 Å². The van der Waals surface area contributed by atoms with E-state index in [-0.39, 0.29) is 24.8 Å². The van der Waals surface area contributed by atoms with E-state index in [0.29, 0.717) is 24.9 Å². The molecule has 0 saturated carbocycles. The van der Waals surface area contributed by atoms with Gasteiger partial charge in [-0.3, -0.25) is 14.4 Å². The number of nitrogens with one attached hydrogen (secondary N) is 2. The Bertz CT molecular complexity index is 747. The molecule has 0 saturated heterocycles. The van der Waals surface area contributed by atoms with Gasteiger partial charge in [0.1, 0.15) is 0 Å². The Morgan fingerprint density at radius 1 is 0.889 bits per heavy atom. The van der Waals surface area contributed by atoms with Crippen molar-refractivity contribution in [3.63, 3.8) is 0 Å². The normalized spacial score (nSPS) is 11.4. The number of benzene rings is 2. The van der Waals surface area contributed by atoms with E-state index in [1.165, 1.54) is 0 Å². The molecule has 2 aromatic rings. The molecule has 0 bridgehead atoms. The maximum Gasteiger partial charge on any atom is 0.308 e. The van der Waals surface area contributed by atoms with Gasteiger partial charge in [0.15, 0.2) is 0 Å². The number of hydrogen-bond acceptors (Lipinski definition) is 3. The van der Waals surface area contributed by atoms with Crippen molar-refractivity contribution in [2.75, 3.05) is 13.1 Å². The lowest BCUT2D eigenvalue weighted by atomic mass is 9.99. The predicted molar refractivity (Wildman–Crippen MR) is 102 cm³/mol. The van der Waals surface area contributed by atoms with Crippen LogP contribution in [0, 0.1) is 5.92 Å². The van der Waals surface area contributed by atoms with Gasteiger partial charge >= 0.3 is 5.97 Å². The third-order valence-corrected chi connectivity index (χ3v) is 4.12. The molecule has 0 spiro atoms. The highest BCUT2D eigenvalue weighted by molar-refractivity contribution is 5.94. The minimum absolute atomic E-state index is 0.0828. The van der Waals surface area contributed by atoms with E-state index in [4.69, 9.17) is 0 Å². The summed E-state index contributed by atoms with van der Waals surface area (Å²) in [5.74, 6) is -2.00. The number of carbonyl (C=O) groups is 3. The van der Waals surface area contributed by atoms with Crippen molar-refractivity contribution < 1.29 is 19.5 Å². The molecule has 3 N–H and O–H groups in total. The summed E-state index contributed by atoms with van der Waals surface area (Å²) in [5, 5.41) is 14.8. The Labute approximate surface area is 158 Å². The highest BCUT2D eigenvalue weighted by Crippen LogP contribution is 2.08. The zero-order valence-electron chi connectivity index (χ0n) is 15.1. The summed E-state index contributed by atoms with van der Waals surface area (Å²) in [4.78, 5) is 35.2. The zero-order valence-corrected chi connectivity index (χ0v) is 15.1. The van der Waals surface area contributed by atoms with E-state index in [9.17, 15) is 19.5 Å². The maximum atomic E-state index is 11.9. The minimum Gasteiger partial charge on any atom is -0.481 e. The van der Waals surface area contributed by atoms with Gasteiger partial charge in [-0.2, -0.15) is 0 Å². The van der Waals surface area contributed by atoms with Crippen LogP contribution >= 0.6 is 0 Å². The number of hydrogen-bond donors (Lipinski definition) is 3. The van der Waals surface area contributed by atoms with Crippen molar-refractivity contribution in [1.29, 1.82) is 0 Å². The SMILES string of the molecule is O=C(CCCNC(=O)c1ccccc1)NCC(Cc1ccccc1)C(=O)O. The van der Waals surface area contributed by atoms with Crippen LogP contribution in [0.25, 0.3) is 0 Å². The lowest BCUT2D eigenvalue weighted by Crippen LogP contribution is -2.34.